The van der Waals surface area contributed by atoms with Gasteiger partial charge in [0, 0.05) is 44.1 Å². The Hall–Kier alpha value is -3.11. The average molecular weight is 466 g/mol. The van der Waals surface area contributed by atoms with Crippen LogP contribution < -0.4 is 4.90 Å². The van der Waals surface area contributed by atoms with E-state index in [0.29, 0.717) is 37.7 Å². The summed E-state index contributed by atoms with van der Waals surface area (Å²) in [4.78, 5) is 50.2. The molecule has 0 aromatic carbocycles. The molecule has 1 aromatic rings. The van der Waals surface area contributed by atoms with Gasteiger partial charge in [-0.15, -0.1) is 0 Å². The summed E-state index contributed by atoms with van der Waals surface area (Å²) >= 11 is 0. The lowest BCUT2D eigenvalue weighted by molar-refractivity contribution is -0.142. The van der Waals surface area contributed by atoms with Crippen LogP contribution in [0.5, 0.6) is 0 Å². The minimum Gasteiger partial charge on any atom is -0.468 e. The Morgan fingerprint density at radius 3 is 1.97 bits per heavy atom. The SMILES string of the molecule is COC(=O)CN(Cc1cnc(N2CCN(C(=O)OC(C)(C)C)CC2)nc1)C(=O)OC(C)(C)C. The third-order valence-corrected chi connectivity index (χ3v) is 4.48. The van der Waals surface area contributed by atoms with Crippen molar-refractivity contribution in [2.75, 3.05) is 44.7 Å². The molecule has 0 unspecified atom stereocenters. The molecule has 2 amide bonds. The van der Waals surface area contributed by atoms with E-state index in [1.54, 1.807) is 38.1 Å². The number of aromatic nitrogens is 2. The number of piperazine rings is 1. The first-order valence-corrected chi connectivity index (χ1v) is 10.9. The summed E-state index contributed by atoms with van der Waals surface area (Å²) in [6.45, 7) is 12.8. The highest BCUT2D eigenvalue weighted by Gasteiger charge is 2.27. The van der Waals surface area contributed by atoms with E-state index in [9.17, 15) is 14.4 Å². The molecule has 0 aliphatic carbocycles. The molecular weight excluding hydrogens is 430 g/mol. The van der Waals surface area contributed by atoms with E-state index in [1.165, 1.54) is 12.0 Å². The van der Waals surface area contributed by atoms with Gasteiger partial charge in [0.2, 0.25) is 5.95 Å². The first-order chi connectivity index (χ1) is 15.3. The number of rotatable bonds is 5. The van der Waals surface area contributed by atoms with Crippen LogP contribution in [-0.4, -0.2) is 89.0 Å². The van der Waals surface area contributed by atoms with Crippen LogP contribution in [0.15, 0.2) is 12.4 Å². The molecule has 184 valence electrons. The number of hydrogen-bond donors (Lipinski definition) is 0. The number of hydrogen-bond acceptors (Lipinski definition) is 9. The van der Waals surface area contributed by atoms with Crippen LogP contribution >= 0.6 is 0 Å². The van der Waals surface area contributed by atoms with Crippen LogP contribution in [-0.2, 0) is 25.5 Å². The summed E-state index contributed by atoms with van der Waals surface area (Å²) < 4.78 is 15.5. The van der Waals surface area contributed by atoms with Crippen molar-refractivity contribution in [1.82, 2.24) is 19.8 Å². The van der Waals surface area contributed by atoms with Gasteiger partial charge in [-0.2, -0.15) is 0 Å². The highest BCUT2D eigenvalue weighted by molar-refractivity contribution is 5.78. The molecule has 1 aromatic heterocycles. The van der Waals surface area contributed by atoms with Crippen molar-refractivity contribution in [1.29, 1.82) is 0 Å². The topological polar surface area (TPSA) is 114 Å². The summed E-state index contributed by atoms with van der Waals surface area (Å²) in [5, 5.41) is 0. The molecule has 1 saturated heterocycles. The second kappa shape index (κ2) is 10.7. The van der Waals surface area contributed by atoms with Gasteiger partial charge in [0.1, 0.15) is 17.7 Å². The molecule has 1 aliphatic rings. The van der Waals surface area contributed by atoms with Crippen molar-refractivity contribution in [2.24, 2.45) is 0 Å². The molecule has 0 bridgehead atoms. The lowest BCUT2D eigenvalue weighted by atomic mass is 10.2. The molecule has 0 radical (unpaired) electrons. The third-order valence-electron chi connectivity index (χ3n) is 4.48. The Labute approximate surface area is 195 Å². The van der Waals surface area contributed by atoms with E-state index >= 15 is 0 Å². The molecule has 1 aliphatic heterocycles. The van der Waals surface area contributed by atoms with E-state index in [1.807, 2.05) is 25.7 Å². The average Bonchev–Trinajstić information content (AvgIpc) is 2.71. The maximum absolute atomic E-state index is 12.5. The van der Waals surface area contributed by atoms with Gasteiger partial charge in [-0.25, -0.2) is 19.6 Å². The maximum atomic E-state index is 12.5. The predicted molar refractivity (Wildman–Crippen MR) is 121 cm³/mol. The zero-order valence-corrected chi connectivity index (χ0v) is 20.6. The lowest BCUT2D eigenvalue weighted by Crippen LogP contribution is -2.50. The molecule has 0 saturated carbocycles. The standard InChI is InChI=1S/C22H35N5O6/c1-21(2,3)32-19(29)26-10-8-25(9-11-26)18-23-12-16(13-24-18)14-27(15-17(28)31-7)20(30)33-22(4,5)6/h12-13H,8-11,14-15H2,1-7H3. The Bertz CT molecular complexity index is 823. The molecule has 11 heteroatoms. The summed E-state index contributed by atoms with van der Waals surface area (Å²) in [6, 6.07) is 0. The monoisotopic (exact) mass is 465 g/mol. The van der Waals surface area contributed by atoms with Crippen molar-refractivity contribution >= 4 is 24.1 Å². The first-order valence-electron chi connectivity index (χ1n) is 10.9. The largest absolute Gasteiger partial charge is 0.468 e. The van der Waals surface area contributed by atoms with Crippen molar-refractivity contribution in [2.45, 2.75) is 59.3 Å². The molecule has 33 heavy (non-hydrogen) atoms. The van der Waals surface area contributed by atoms with Crippen LogP contribution in [0.2, 0.25) is 0 Å². The van der Waals surface area contributed by atoms with Crippen molar-refractivity contribution in [3.63, 3.8) is 0 Å². The minimum absolute atomic E-state index is 0.0940. The van der Waals surface area contributed by atoms with Crippen LogP contribution in [0.3, 0.4) is 0 Å². The van der Waals surface area contributed by atoms with Gasteiger partial charge in [-0.3, -0.25) is 9.69 Å². The zero-order chi connectivity index (χ0) is 24.8. The highest BCUT2D eigenvalue weighted by atomic mass is 16.6. The number of carbonyl (C=O) groups is 3. The van der Waals surface area contributed by atoms with Crippen molar-refractivity contribution < 1.29 is 28.6 Å². The van der Waals surface area contributed by atoms with Crippen LogP contribution in [0.1, 0.15) is 47.1 Å². The van der Waals surface area contributed by atoms with E-state index in [4.69, 9.17) is 9.47 Å². The van der Waals surface area contributed by atoms with E-state index < -0.39 is 23.3 Å². The smallest absolute Gasteiger partial charge is 0.411 e. The van der Waals surface area contributed by atoms with Crippen molar-refractivity contribution in [3.8, 4) is 0 Å². The number of amides is 2. The molecule has 2 rings (SSSR count). The van der Waals surface area contributed by atoms with E-state index in [2.05, 4.69) is 14.7 Å². The first kappa shape index (κ1) is 26.1. The van der Waals surface area contributed by atoms with Crippen molar-refractivity contribution in [3.05, 3.63) is 18.0 Å². The molecule has 2 heterocycles. The van der Waals surface area contributed by atoms with E-state index in [0.717, 1.165) is 0 Å². The minimum atomic E-state index is -0.701. The van der Waals surface area contributed by atoms with Crippen LogP contribution in [0.4, 0.5) is 15.5 Å². The summed E-state index contributed by atoms with van der Waals surface area (Å²) in [5.41, 5.74) is -0.595. The third kappa shape index (κ3) is 8.74. The number of methoxy groups -OCH3 is 1. The van der Waals surface area contributed by atoms with E-state index in [-0.39, 0.29) is 19.2 Å². The molecule has 11 nitrogen and oxygen atoms in total. The number of anilines is 1. The molecular formula is C22H35N5O6. The number of carbonyl (C=O) groups excluding carboxylic acids is 3. The second-order valence-electron chi connectivity index (χ2n) is 9.76. The van der Waals surface area contributed by atoms with Gasteiger partial charge < -0.3 is 24.0 Å². The predicted octanol–water partition coefficient (Wildman–Crippen LogP) is 2.44. The lowest BCUT2D eigenvalue weighted by Gasteiger charge is -2.35. The summed E-state index contributed by atoms with van der Waals surface area (Å²) in [6.07, 6.45) is 2.26. The Balaban J connectivity index is 1.98. The summed E-state index contributed by atoms with van der Waals surface area (Å²) in [7, 11) is 1.26. The quantitative estimate of drug-likeness (QED) is 0.478. The van der Waals surface area contributed by atoms with Gasteiger partial charge in [0.05, 0.1) is 13.7 Å². The number of ether oxygens (including phenoxy) is 3. The maximum Gasteiger partial charge on any atom is 0.411 e. The number of esters is 1. The number of nitrogens with zero attached hydrogens (tertiary/aromatic N) is 5. The zero-order valence-electron chi connectivity index (χ0n) is 20.6. The molecule has 1 fully saturated rings. The van der Waals surface area contributed by atoms with Gasteiger partial charge in [-0.05, 0) is 41.5 Å². The Kier molecular flexibility index (Phi) is 8.45. The second-order valence-corrected chi connectivity index (χ2v) is 9.76. The highest BCUT2D eigenvalue weighted by Crippen LogP contribution is 2.16. The summed E-state index contributed by atoms with van der Waals surface area (Å²) in [5.74, 6) is -0.0272. The van der Waals surface area contributed by atoms with Gasteiger partial charge in [-0.1, -0.05) is 0 Å². The fourth-order valence-corrected chi connectivity index (χ4v) is 2.96. The Morgan fingerprint density at radius 1 is 0.939 bits per heavy atom. The van der Waals surface area contributed by atoms with Gasteiger partial charge in [0.15, 0.2) is 0 Å². The Morgan fingerprint density at radius 2 is 1.48 bits per heavy atom. The molecule has 0 spiro atoms. The van der Waals surface area contributed by atoms with Gasteiger partial charge in [0.25, 0.3) is 0 Å². The normalized spacial score (nSPS) is 14.5. The molecule has 0 N–H and O–H groups in total. The fraction of sp³-hybridized carbons (Fsp3) is 0.682. The fourth-order valence-electron chi connectivity index (χ4n) is 2.96. The molecule has 0 atom stereocenters. The van der Waals surface area contributed by atoms with Crippen LogP contribution in [0.25, 0.3) is 0 Å². The van der Waals surface area contributed by atoms with Crippen LogP contribution in [0, 0.1) is 0 Å². The van der Waals surface area contributed by atoms with Gasteiger partial charge >= 0.3 is 18.2 Å².